The van der Waals surface area contributed by atoms with Crippen molar-refractivity contribution in [2.24, 2.45) is 0 Å². The first kappa shape index (κ1) is 62.1. The summed E-state index contributed by atoms with van der Waals surface area (Å²) in [7, 11) is 0. The van der Waals surface area contributed by atoms with Crippen molar-refractivity contribution in [3.8, 4) is 0 Å². The van der Waals surface area contributed by atoms with E-state index in [9.17, 15) is 19.8 Å². The molecule has 64 heavy (non-hydrogen) atoms. The molecular weight excluding hydrogens is 791 g/mol. The molecule has 3 N–H and O–H groups in total. The maximum Gasteiger partial charge on any atom is 0.306 e. The lowest BCUT2D eigenvalue weighted by Gasteiger charge is -2.24. The molecule has 3 atom stereocenters. The van der Waals surface area contributed by atoms with Crippen molar-refractivity contribution in [2.45, 2.75) is 315 Å². The Kier molecular flexibility index (Phi) is 50.5. The zero-order valence-corrected chi connectivity index (χ0v) is 42.9. The van der Waals surface area contributed by atoms with Gasteiger partial charge in [0.05, 0.1) is 25.2 Å². The molecule has 0 rings (SSSR count). The normalized spacial score (nSPS) is 13.4. The molecule has 0 heterocycles. The fourth-order valence-corrected chi connectivity index (χ4v) is 8.63. The zero-order valence-electron chi connectivity index (χ0n) is 42.9. The molecule has 0 aromatic heterocycles. The fraction of sp³-hybridized carbons (Fsp3) is 0.862. The number of aliphatic hydroxyl groups excluding tert-OH is 2. The Morgan fingerprint density at radius 1 is 0.453 bits per heavy atom. The lowest BCUT2D eigenvalue weighted by Crippen LogP contribution is -2.46. The van der Waals surface area contributed by atoms with E-state index in [2.05, 4.69) is 62.5 Å². The largest absolute Gasteiger partial charge is 0.462 e. The molecule has 0 aromatic rings. The van der Waals surface area contributed by atoms with E-state index in [-0.39, 0.29) is 24.9 Å². The van der Waals surface area contributed by atoms with Gasteiger partial charge in [-0.15, -0.1) is 0 Å². The van der Waals surface area contributed by atoms with Crippen molar-refractivity contribution < 1.29 is 24.5 Å². The van der Waals surface area contributed by atoms with Gasteiger partial charge < -0.3 is 20.3 Å². The van der Waals surface area contributed by atoms with Gasteiger partial charge in [-0.25, -0.2) is 0 Å². The van der Waals surface area contributed by atoms with Crippen molar-refractivity contribution in [1.29, 1.82) is 0 Å². The van der Waals surface area contributed by atoms with E-state index in [4.69, 9.17) is 4.74 Å². The number of hydrogen-bond donors (Lipinski definition) is 3. The SMILES string of the molecule is CCCCC/C=C\C/C=C\CCCCCCCC(CC(=O)NC(CO)C(O)CCCCCCCCCCCCC)OC(=O)CCCCCCCCCCC/C=C/CCCCCCCC. The number of hydrogen-bond acceptors (Lipinski definition) is 5. The number of rotatable bonds is 51. The molecule has 0 aliphatic rings. The summed E-state index contributed by atoms with van der Waals surface area (Å²) in [5.41, 5.74) is 0. The Hall–Kier alpha value is -1.92. The lowest BCUT2D eigenvalue weighted by atomic mass is 10.0. The van der Waals surface area contributed by atoms with Crippen LogP contribution in [0, 0.1) is 0 Å². The minimum absolute atomic E-state index is 0.0702. The standard InChI is InChI=1S/C58H109NO5/c1-4-7-10-13-16-19-22-24-26-27-28-29-31-33-36-39-42-45-48-51-58(63)64-54(49-46-43-40-37-35-32-30-25-23-20-17-14-11-8-5-2)52-57(62)59-55(53-60)56(61)50-47-44-41-38-34-21-18-15-12-9-6-3/h17,20,24-26,30,54-56,60-61H,4-16,18-19,21-23,27-29,31-53H2,1-3H3,(H,59,62)/b20-17-,26-24+,30-25-. The maximum absolute atomic E-state index is 13.2. The lowest BCUT2D eigenvalue weighted by molar-refractivity contribution is -0.151. The number of carbonyl (C=O) groups is 2. The zero-order chi connectivity index (χ0) is 46.7. The number of amides is 1. The Labute approximate surface area is 398 Å². The Bertz CT molecular complexity index is 1060. The van der Waals surface area contributed by atoms with Gasteiger partial charge >= 0.3 is 5.97 Å². The molecule has 376 valence electrons. The van der Waals surface area contributed by atoms with Crippen LogP contribution in [0.15, 0.2) is 36.5 Å². The Balaban J connectivity index is 4.54. The van der Waals surface area contributed by atoms with Gasteiger partial charge in [0, 0.05) is 6.42 Å². The average molecular weight is 901 g/mol. The first-order chi connectivity index (χ1) is 31.5. The van der Waals surface area contributed by atoms with E-state index in [1.54, 1.807) is 0 Å². The highest BCUT2D eigenvalue weighted by Crippen LogP contribution is 2.18. The second-order valence-corrected chi connectivity index (χ2v) is 19.3. The van der Waals surface area contributed by atoms with Gasteiger partial charge in [-0.05, 0) is 83.5 Å². The summed E-state index contributed by atoms with van der Waals surface area (Å²) in [6.07, 6.45) is 62.1. The highest BCUT2D eigenvalue weighted by Gasteiger charge is 2.24. The number of nitrogens with one attached hydrogen (secondary N) is 1. The van der Waals surface area contributed by atoms with Crippen LogP contribution >= 0.6 is 0 Å². The predicted molar refractivity (Wildman–Crippen MR) is 278 cm³/mol. The Morgan fingerprint density at radius 3 is 1.23 bits per heavy atom. The molecule has 0 bridgehead atoms. The average Bonchev–Trinajstić information content (AvgIpc) is 3.29. The molecule has 0 aliphatic carbocycles. The fourth-order valence-electron chi connectivity index (χ4n) is 8.63. The summed E-state index contributed by atoms with van der Waals surface area (Å²) < 4.78 is 5.95. The van der Waals surface area contributed by atoms with Crippen LogP contribution in [-0.4, -0.2) is 46.9 Å². The third-order valence-electron chi connectivity index (χ3n) is 12.9. The second kappa shape index (κ2) is 52.1. The summed E-state index contributed by atoms with van der Waals surface area (Å²) in [4.78, 5) is 26.2. The number of esters is 1. The summed E-state index contributed by atoms with van der Waals surface area (Å²) in [5, 5.41) is 23.8. The monoisotopic (exact) mass is 900 g/mol. The van der Waals surface area contributed by atoms with E-state index in [1.807, 2.05) is 0 Å². The van der Waals surface area contributed by atoms with Crippen molar-refractivity contribution >= 4 is 11.9 Å². The van der Waals surface area contributed by atoms with Crippen LogP contribution < -0.4 is 5.32 Å². The van der Waals surface area contributed by atoms with E-state index in [0.717, 1.165) is 70.6 Å². The number of aliphatic hydroxyl groups is 2. The molecule has 0 saturated carbocycles. The van der Waals surface area contributed by atoms with Gasteiger partial charge in [-0.3, -0.25) is 9.59 Å². The molecule has 1 amide bonds. The molecule has 0 aromatic carbocycles. The molecule has 3 unspecified atom stereocenters. The first-order valence-corrected chi connectivity index (χ1v) is 28.2. The molecule has 6 nitrogen and oxygen atoms in total. The van der Waals surface area contributed by atoms with Gasteiger partial charge in [-0.2, -0.15) is 0 Å². The van der Waals surface area contributed by atoms with Crippen LogP contribution in [0.2, 0.25) is 0 Å². The van der Waals surface area contributed by atoms with Crippen LogP contribution in [0.5, 0.6) is 0 Å². The van der Waals surface area contributed by atoms with E-state index in [1.165, 1.54) is 180 Å². The summed E-state index contributed by atoms with van der Waals surface area (Å²) in [6.45, 7) is 6.47. The van der Waals surface area contributed by atoms with Crippen molar-refractivity contribution in [2.75, 3.05) is 6.61 Å². The maximum atomic E-state index is 13.2. The smallest absolute Gasteiger partial charge is 0.306 e. The first-order valence-electron chi connectivity index (χ1n) is 28.2. The van der Waals surface area contributed by atoms with Gasteiger partial charge in [0.2, 0.25) is 5.91 Å². The van der Waals surface area contributed by atoms with E-state index < -0.39 is 18.2 Å². The van der Waals surface area contributed by atoms with Crippen LogP contribution in [0.4, 0.5) is 0 Å². The molecular formula is C58H109NO5. The van der Waals surface area contributed by atoms with Crippen LogP contribution in [0.3, 0.4) is 0 Å². The molecule has 0 spiro atoms. The third-order valence-corrected chi connectivity index (χ3v) is 12.9. The minimum Gasteiger partial charge on any atom is -0.462 e. The summed E-state index contributed by atoms with van der Waals surface area (Å²) in [5.74, 6) is -0.478. The number of carbonyl (C=O) groups excluding carboxylic acids is 2. The molecule has 0 saturated heterocycles. The van der Waals surface area contributed by atoms with Gasteiger partial charge in [0.15, 0.2) is 0 Å². The molecule has 0 aliphatic heterocycles. The van der Waals surface area contributed by atoms with Crippen LogP contribution in [-0.2, 0) is 14.3 Å². The van der Waals surface area contributed by atoms with Crippen molar-refractivity contribution in [3.05, 3.63) is 36.5 Å². The quantitative estimate of drug-likeness (QED) is 0.0321. The van der Waals surface area contributed by atoms with Crippen molar-refractivity contribution in [3.63, 3.8) is 0 Å². The topological polar surface area (TPSA) is 95.9 Å². The highest BCUT2D eigenvalue weighted by atomic mass is 16.5. The third kappa shape index (κ3) is 46.6. The number of unbranched alkanes of at least 4 members (excludes halogenated alkanes) is 33. The minimum atomic E-state index is -0.790. The second-order valence-electron chi connectivity index (χ2n) is 19.3. The van der Waals surface area contributed by atoms with Gasteiger partial charge in [0.1, 0.15) is 6.10 Å². The van der Waals surface area contributed by atoms with Crippen LogP contribution in [0.25, 0.3) is 0 Å². The van der Waals surface area contributed by atoms with E-state index in [0.29, 0.717) is 19.3 Å². The number of ether oxygens (including phenoxy) is 1. The van der Waals surface area contributed by atoms with Gasteiger partial charge in [0.25, 0.3) is 0 Å². The molecule has 0 radical (unpaired) electrons. The number of allylic oxidation sites excluding steroid dienone is 6. The predicted octanol–water partition coefficient (Wildman–Crippen LogP) is 17.2. The summed E-state index contributed by atoms with van der Waals surface area (Å²) in [6, 6.07) is -0.704. The molecule has 6 heteroatoms. The summed E-state index contributed by atoms with van der Waals surface area (Å²) >= 11 is 0. The molecule has 0 fully saturated rings. The van der Waals surface area contributed by atoms with Crippen LogP contribution in [0.1, 0.15) is 297 Å². The van der Waals surface area contributed by atoms with Crippen molar-refractivity contribution in [1.82, 2.24) is 5.32 Å². The van der Waals surface area contributed by atoms with Gasteiger partial charge in [-0.1, -0.05) is 237 Å². The van der Waals surface area contributed by atoms with E-state index >= 15 is 0 Å². The highest BCUT2D eigenvalue weighted by molar-refractivity contribution is 5.77. The Morgan fingerprint density at radius 2 is 0.797 bits per heavy atom.